The number of carbonyl (C=O) groups excluding carboxylic acids is 1. The number of nitrogens with one attached hydrogen (secondary N) is 1. The lowest BCUT2D eigenvalue weighted by molar-refractivity contribution is 0.249. The van der Waals surface area contributed by atoms with Crippen LogP contribution in [-0.4, -0.2) is 17.6 Å². The number of benzene rings is 1. The number of carbonyl (C=O) groups is 1. The summed E-state index contributed by atoms with van der Waals surface area (Å²) < 4.78 is 14.3. The van der Waals surface area contributed by atoms with Gasteiger partial charge in [-0.3, -0.25) is 4.98 Å². The smallest absolute Gasteiger partial charge is 0.312 e. The Balaban J connectivity index is 2.34. The highest BCUT2D eigenvalue weighted by Crippen LogP contribution is 2.31. The van der Waals surface area contributed by atoms with E-state index >= 15 is 0 Å². The molecule has 100 valence electrons. The van der Waals surface area contributed by atoms with Crippen LogP contribution in [-0.2, 0) is 6.42 Å². The van der Waals surface area contributed by atoms with Crippen LogP contribution >= 0.6 is 27.5 Å². The molecule has 4 nitrogen and oxygen atoms in total. The van der Waals surface area contributed by atoms with Gasteiger partial charge in [0.15, 0.2) is 0 Å². The quantitative estimate of drug-likeness (QED) is 0.839. The number of fused-ring (bicyclic) bond motifs is 1. The first-order valence-electron chi connectivity index (χ1n) is 5.44. The lowest BCUT2D eigenvalue weighted by Gasteiger charge is -2.07. The van der Waals surface area contributed by atoms with E-state index in [2.05, 4.69) is 26.2 Å². The highest BCUT2D eigenvalue weighted by molar-refractivity contribution is 9.10. The molecular formula is C12H10BrClFN3O. The third kappa shape index (κ3) is 3.13. The second-order valence-corrected chi connectivity index (χ2v) is 5.18. The largest absolute Gasteiger partial charge is 0.352 e. The maximum atomic E-state index is 14.0. The van der Waals surface area contributed by atoms with E-state index in [0.29, 0.717) is 38.9 Å². The maximum absolute atomic E-state index is 14.0. The van der Waals surface area contributed by atoms with E-state index in [9.17, 15) is 9.18 Å². The minimum absolute atomic E-state index is 0.303. The minimum atomic E-state index is -0.599. The van der Waals surface area contributed by atoms with Gasteiger partial charge < -0.3 is 11.1 Å². The average Bonchev–Trinajstić information content (AvgIpc) is 2.35. The molecule has 2 rings (SSSR count). The van der Waals surface area contributed by atoms with E-state index in [1.807, 2.05) is 0 Å². The molecule has 0 aliphatic carbocycles. The van der Waals surface area contributed by atoms with Crippen LogP contribution in [0.2, 0.25) is 5.02 Å². The number of pyridine rings is 1. The van der Waals surface area contributed by atoms with Gasteiger partial charge in [0, 0.05) is 35.6 Å². The summed E-state index contributed by atoms with van der Waals surface area (Å²) in [5, 5.41) is 3.82. The zero-order chi connectivity index (χ0) is 14.0. The summed E-state index contributed by atoms with van der Waals surface area (Å²) in [5.74, 6) is -0.383. The van der Waals surface area contributed by atoms with Crippen LogP contribution in [0.5, 0.6) is 0 Å². The second-order valence-electron chi connectivity index (χ2n) is 3.92. The molecule has 0 saturated carbocycles. The Morgan fingerprint density at radius 3 is 2.89 bits per heavy atom. The number of amides is 2. The van der Waals surface area contributed by atoms with Gasteiger partial charge in [-0.25, -0.2) is 9.18 Å². The molecule has 7 heteroatoms. The van der Waals surface area contributed by atoms with E-state index in [-0.39, 0.29) is 5.82 Å². The third-order valence-electron chi connectivity index (χ3n) is 2.60. The number of hydrogen-bond acceptors (Lipinski definition) is 2. The second kappa shape index (κ2) is 5.71. The van der Waals surface area contributed by atoms with Crippen molar-refractivity contribution in [1.29, 1.82) is 0 Å². The van der Waals surface area contributed by atoms with Crippen molar-refractivity contribution >= 4 is 44.3 Å². The summed E-state index contributed by atoms with van der Waals surface area (Å²) in [7, 11) is 0. The standard InChI is InChI=1S/C12H10BrClFN3O/c13-9-4-10(14)8-5-18-6(1-2-17-12(16)19)3-7(8)11(9)15/h3-5H,1-2H2,(H3,16,17,19). The summed E-state index contributed by atoms with van der Waals surface area (Å²) in [6, 6.07) is 2.51. The molecule has 1 heterocycles. The predicted octanol–water partition coefficient (Wildman–Crippen LogP) is 3.00. The number of aromatic nitrogens is 1. The van der Waals surface area contributed by atoms with Gasteiger partial charge in [-0.15, -0.1) is 0 Å². The molecule has 0 radical (unpaired) electrons. The van der Waals surface area contributed by atoms with E-state index in [4.69, 9.17) is 17.3 Å². The Hall–Kier alpha value is -1.40. The molecule has 1 aromatic carbocycles. The van der Waals surface area contributed by atoms with Crippen LogP contribution in [0.4, 0.5) is 9.18 Å². The summed E-state index contributed by atoms with van der Waals surface area (Å²) in [5.41, 5.74) is 5.60. The van der Waals surface area contributed by atoms with E-state index < -0.39 is 6.03 Å². The van der Waals surface area contributed by atoms with Crippen molar-refractivity contribution in [3.05, 3.63) is 39.3 Å². The topological polar surface area (TPSA) is 68.0 Å². The van der Waals surface area contributed by atoms with Gasteiger partial charge in [-0.05, 0) is 28.1 Å². The predicted molar refractivity (Wildman–Crippen MR) is 75.7 cm³/mol. The molecule has 0 fully saturated rings. The summed E-state index contributed by atoms with van der Waals surface area (Å²) in [4.78, 5) is 14.7. The first-order valence-corrected chi connectivity index (χ1v) is 6.61. The summed E-state index contributed by atoms with van der Waals surface area (Å²) in [6.45, 7) is 0.344. The van der Waals surface area contributed by atoms with Crippen molar-refractivity contribution in [2.45, 2.75) is 6.42 Å². The van der Waals surface area contributed by atoms with Crippen molar-refractivity contribution in [3.63, 3.8) is 0 Å². The average molecular weight is 347 g/mol. The van der Waals surface area contributed by atoms with Crippen LogP contribution in [0, 0.1) is 5.82 Å². The molecule has 0 bridgehead atoms. The van der Waals surface area contributed by atoms with Crippen molar-refractivity contribution in [3.8, 4) is 0 Å². The SMILES string of the molecule is NC(=O)NCCc1cc2c(F)c(Br)cc(Cl)c2cn1. The molecule has 0 aliphatic heterocycles. The lowest BCUT2D eigenvalue weighted by Crippen LogP contribution is -2.31. The van der Waals surface area contributed by atoms with E-state index in [1.165, 1.54) is 12.3 Å². The lowest BCUT2D eigenvalue weighted by atomic mass is 10.1. The Labute approximate surface area is 122 Å². The van der Waals surface area contributed by atoms with Gasteiger partial charge in [0.25, 0.3) is 0 Å². The number of urea groups is 1. The first-order chi connectivity index (χ1) is 8.99. The Bertz CT molecular complexity index is 650. The number of primary amides is 1. The summed E-state index contributed by atoms with van der Waals surface area (Å²) in [6.07, 6.45) is 1.98. The van der Waals surface area contributed by atoms with E-state index in [0.717, 1.165) is 0 Å². The fraction of sp³-hybridized carbons (Fsp3) is 0.167. The molecule has 0 atom stereocenters. The fourth-order valence-corrected chi connectivity index (χ4v) is 2.54. The molecule has 0 unspecified atom stereocenters. The maximum Gasteiger partial charge on any atom is 0.312 e. The molecule has 2 amide bonds. The monoisotopic (exact) mass is 345 g/mol. The zero-order valence-electron chi connectivity index (χ0n) is 9.71. The summed E-state index contributed by atoms with van der Waals surface area (Å²) >= 11 is 9.13. The molecular weight excluding hydrogens is 337 g/mol. The van der Waals surface area contributed by atoms with Gasteiger partial charge in [-0.2, -0.15) is 0 Å². The highest BCUT2D eigenvalue weighted by atomic mass is 79.9. The Kier molecular flexibility index (Phi) is 4.21. The molecule has 3 N–H and O–H groups in total. The molecule has 0 saturated heterocycles. The van der Waals surface area contributed by atoms with Crippen molar-refractivity contribution in [2.75, 3.05) is 6.54 Å². The van der Waals surface area contributed by atoms with Gasteiger partial charge >= 0.3 is 6.03 Å². The van der Waals surface area contributed by atoms with Crippen molar-refractivity contribution in [1.82, 2.24) is 10.3 Å². The van der Waals surface area contributed by atoms with Gasteiger partial charge in [0.2, 0.25) is 0 Å². The molecule has 0 aliphatic rings. The fourth-order valence-electron chi connectivity index (χ4n) is 1.70. The number of nitrogens with zero attached hydrogens (tertiary/aromatic N) is 1. The third-order valence-corrected chi connectivity index (χ3v) is 3.49. The zero-order valence-corrected chi connectivity index (χ0v) is 12.1. The molecule has 0 spiro atoms. The number of halogens is 3. The Morgan fingerprint density at radius 1 is 1.47 bits per heavy atom. The van der Waals surface area contributed by atoms with E-state index in [1.54, 1.807) is 6.07 Å². The van der Waals surface area contributed by atoms with Crippen molar-refractivity contribution in [2.24, 2.45) is 5.73 Å². The number of nitrogens with two attached hydrogens (primary N) is 1. The Morgan fingerprint density at radius 2 is 2.21 bits per heavy atom. The first kappa shape index (κ1) is 14.0. The van der Waals surface area contributed by atoms with Crippen LogP contribution in [0.25, 0.3) is 10.8 Å². The molecule has 2 aromatic rings. The normalized spacial score (nSPS) is 10.7. The van der Waals surface area contributed by atoms with Gasteiger partial charge in [-0.1, -0.05) is 11.6 Å². The minimum Gasteiger partial charge on any atom is -0.352 e. The van der Waals surface area contributed by atoms with Crippen LogP contribution < -0.4 is 11.1 Å². The van der Waals surface area contributed by atoms with Crippen molar-refractivity contribution < 1.29 is 9.18 Å². The highest BCUT2D eigenvalue weighted by Gasteiger charge is 2.11. The van der Waals surface area contributed by atoms with Gasteiger partial charge in [0.05, 0.1) is 9.50 Å². The molecule has 1 aromatic heterocycles. The van der Waals surface area contributed by atoms with Crippen LogP contribution in [0.15, 0.2) is 22.8 Å². The molecule has 19 heavy (non-hydrogen) atoms. The number of hydrogen-bond donors (Lipinski definition) is 2. The van der Waals surface area contributed by atoms with Crippen LogP contribution in [0.3, 0.4) is 0 Å². The number of rotatable bonds is 3. The van der Waals surface area contributed by atoms with Gasteiger partial charge in [0.1, 0.15) is 5.82 Å². The van der Waals surface area contributed by atoms with Crippen LogP contribution in [0.1, 0.15) is 5.69 Å².